The fourth-order valence-corrected chi connectivity index (χ4v) is 6.93. The van der Waals surface area contributed by atoms with Crippen molar-refractivity contribution in [2.75, 3.05) is 30.3 Å². The zero-order valence-corrected chi connectivity index (χ0v) is 14.1. The molecule has 21 heavy (non-hydrogen) atoms. The van der Waals surface area contributed by atoms with E-state index in [0.717, 1.165) is 18.7 Å². The van der Waals surface area contributed by atoms with Gasteiger partial charge < -0.3 is 10.2 Å². The maximum atomic E-state index is 12.9. The fourth-order valence-electron chi connectivity index (χ4n) is 3.96. The molecule has 0 bridgehead atoms. The summed E-state index contributed by atoms with van der Waals surface area (Å²) in [4.78, 5) is 14.6. The number of hydrogen-bond acceptors (Lipinski definition) is 5. The first-order valence-corrected chi connectivity index (χ1v) is 10.7. The number of rotatable bonds is 3. The highest BCUT2D eigenvalue weighted by Gasteiger charge is 2.46. The van der Waals surface area contributed by atoms with Crippen molar-refractivity contribution in [2.45, 2.75) is 37.6 Å². The molecule has 0 aromatic carbocycles. The maximum Gasteiger partial charge on any atom is 0.241 e. The van der Waals surface area contributed by atoms with Crippen LogP contribution in [0.1, 0.15) is 26.2 Å². The Balaban J connectivity index is 1.78. The molecule has 0 aromatic heterocycles. The van der Waals surface area contributed by atoms with Crippen molar-refractivity contribution < 1.29 is 13.2 Å². The minimum Gasteiger partial charge on any atom is -0.323 e. The average molecular weight is 332 g/mol. The topological polar surface area (TPSA) is 66.5 Å². The van der Waals surface area contributed by atoms with Crippen molar-refractivity contribution in [1.82, 2.24) is 10.2 Å². The molecule has 0 spiro atoms. The normalized spacial score (nSPS) is 36.7. The highest BCUT2D eigenvalue weighted by atomic mass is 32.2. The molecule has 1 N–H and O–H groups in total. The van der Waals surface area contributed by atoms with Crippen molar-refractivity contribution in [3.8, 4) is 0 Å². The molecule has 1 saturated carbocycles. The van der Waals surface area contributed by atoms with E-state index in [1.807, 2.05) is 0 Å². The van der Waals surface area contributed by atoms with Crippen molar-refractivity contribution in [3.63, 3.8) is 0 Å². The molecule has 7 heteroatoms. The van der Waals surface area contributed by atoms with Crippen LogP contribution in [0.2, 0.25) is 0 Å². The maximum absolute atomic E-state index is 12.9. The second-order valence-electron chi connectivity index (χ2n) is 6.25. The lowest BCUT2D eigenvalue weighted by Crippen LogP contribution is -2.56. The second kappa shape index (κ2) is 6.08. The van der Waals surface area contributed by atoms with E-state index in [1.54, 1.807) is 23.6 Å². The summed E-state index contributed by atoms with van der Waals surface area (Å²) >= 11 is 1.63. The van der Waals surface area contributed by atoms with Crippen LogP contribution >= 0.6 is 11.8 Å². The van der Waals surface area contributed by atoms with E-state index in [-0.39, 0.29) is 17.7 Å². The first-order chi connectivity index (χ1) is 10.0. The Morgan fingerprint density at radius 3 is 2.95 bits per heavy atom. The molecule has 4 atom stereocenters. The fraction of sp³-hybridized carbons (Fsp3) is 0.929. The van der Waals surface area contributed by atoms with Crippen LogP contribution in [0.25, 0.3) is 0 Å². The van der Waals surface area contributed by atoms with Crippen LogP contribution < -0.4 is 5.32 Å². The Kier molecular flexibility index (Phi) is 4.52. The molecule has 2 heterocycles. The van der Waals surface area contributed by atoms with Gasteiger partial charge in [-0.15, -0.1) is 0 Å². The monoisotopic (exact) mass is 332 g/mol. The number of thioether (sulfide) groups is 1. The lowest BCUT2D eigenvalue weighted by Gasteiger charge is -2.37. The Bertz CT molecular complexity index is 508. The zero-order chi connectivity index (χ0) is 15.0. The predicted molar refractivity (Wildman–Crippen MR) is 84.9 cm³/mol. The molecule has 3 fully saturated rings. The average Bonchev–Trinajstić information content (AvgIpc) is 3.09. The van der Waals surface area contributed by atoms with Gasteiger partial charge in [0.25, 0.3) is 0 Å². The predicted octanol–water partition coefficient (Wildman–Crippen LogP) is 0.711. The zero-order valence-electron chi connectivity index (χ0n) is 12.5. The molecular weight excluding hydrogens is 308 g/mol. The third-order valence-electron chi connectivity index (χ3n) is 5.20. The van der Waals surface area contributed by atoms with Gasteiger partial charge in [-0.3, -0.25) is 4.79 Å². The summed E-state index contributed by atoms with van der Waals surface area (Å²) in [6.45, 7) is 3.13. The highest BCUT2D eigenvalue weighted by Crippen LogP contribution is 2.38. The molecule has 0 radical (unpaired) electrons. The van der Waals surface area contributed by atoms with Crippen LogP contribution in [0.3, 0.4) is 0 Å². The minimum atomic E-state index is -3.21. The van der Waals surface area contributed by atoms with Gasteiger partial charge in [-0.1, -0.05) is 13.3 Å². The second-order valence-corrected chi connectivity index (χ2v) is 9.85. The SMILES string of the molecule is CCS(=O)(=O)C1CSCCN1C(=O)C1NCC2CCCC21. The number of carbonyl (C=O) groups is 1. The molecule has 120 valence electrons. The number of nitrogens with one attached hydrogen (secondary N) is 1. The van der Waals surface area contributed by atoms with E-state index in [4.69, 9.17) is 0 Å². The van der Waals surface area contributed by atoms with Gasteiger partial charge in [-0.2, -0.15) is 11.8 Å². The number of amides is 1. The molecule has 1 aliphatic carbocycles. The lowest BCUT2D eigenvalue weighted by molar-refractivity contribution is -0.134. The van der Waals surface area contributed by atoms with Crippen LogP contribution in [-0.2, 0) is 14.6 Å². The van der Waals surface area contributed by atoms with Crippen LogP contribution in [0.4, 0.5) is 0 Å². The summed E-state index contributed by atoms with van der Waals surface area (Å²) in [6, 6.07) is -0.157. The van der Waals surface area contributed by atoms with E-state index in [0.29, 0.717) is 24.1 Å². The summed E-state index contributed by atoms with van der Waals surface area (Å²) in [5, 5.41) is 2.72. The molecule has 0 aromatic rings. The first kappa shape index (κ1) is 15.6. The molecule has 5 nitrogen and oxygen atoms in total. The number of fused-ring (bicyclic) bond motifs is 1. The number of carbonyl (C=O) groups excluding carboxylic acids is 1. The summed E-state index contributed by atoms with van der Waals surface area (Å²) in [5.41, 5.74) is 0. The van der Waals surface area contributed by atoms with Crippen molar-refractivity contribution in [1.29, 1.82) is 0 Å². The van der Waals surface area contributed by atoms with E-state index in [1.165, 1.54) is 12.8 Å². The first-order valence-electron chi connectivity index (χ1n) is 7.87. The molecule has 1 amide bonds. The molecule has 2 saturated heterocycles. The van der Waals surface area contributed by atoms with Gasteiger partial charge in [0.2, 0.25) is 5.91 Å². The molecule has 2 aliphatic heterocycles. The standard InChI is InChI=1S/C14H24N2O3S2/c1-2-21(18,19)12-9-20-7-6-16(12)14(17)13-11-5-3-4-10(11)8-15-13/h10-13,15H,2-9H2,1H3. The van der Waals surface area contributed by atoms with Crippen LogP contribution in [0.5, 0.6) is 0 Å². The molecular formula is C14H24N2O3S2. The number of sulfone groups is 1. The van der Waals surface area contributed by atoms with Crippen LogP contribution in [-0.4, -0.2) is 61.0 Å². The third kappa shape index (κ3) is 2.84. The van der Waals surface area contributed by atoms with Crippen LogP contribution in [0.15, 0.2) is 0 Å². The highest BCUT2D eigenvalue weighted by molar-refractivity contribution is 8.01. The van der Waals surface area contributed by atoms with Crippen molar-refractivity contribution in [2.24, 2.45) is 11.8 Å². The van der Waals surface area contributed by atoms with E-state index < -0.39 is 15.2 Å². The summed E-state index contributed by atoms with van der Waals surface area (Å²) < 4.78 is 24.6. The smallest absolute Gasteiger partial charge is 0.241 e. The Labute approximate surface area is 131 Å². The summed E-state index contributed by atoms with van der Waals surface area (Å²) in [7, 11) is -3.21. The minimum absolute atomic E-state index is 0.0201. The van der Waals surface area contributed by atoms with Gasteiger partial charge in [0.1, 0.15) is 5.37 Å². The van der Waals surface area contributed by atoms with Crippen molar-refractivity contribution in [3.05, 3.63) is 0 Å². The summed E-state index contributed by atoms with van der Waals surface area (Å²) in [5.74, 6) is 2.50. The van der Waals surface area contributed by atoms with Crippen molar-refractivity contribution >= 4 is 27.5 Å². The number of hydrogen-bond donors (Lipinski definition) is 1. The quantitative estimate of drug-likeness (QED) is 0.824. The van der Waals surface area contributed by atoms with Gasteiger partial charge in [-0.05, 0) is 31.2 Å². The van der Waals surface area contributed by atoms with Gasteiger partial charge in [-0.25, -0.2) is 8.42 Å². The van der Waals surface area contributed by atoms with Gasteiger partial charge in [0.05, 0.1) is 6.04 Å². The Hall–Kier alpha value is -0.270. The van der Waals surface area contributed by atoms with E-state index in [2.05, 4.69) is 5.32 Å². The van der Waals surface area contributed by atoms with E-state index in [9.17, 15) is 13.2 Å². The third-order valence-corrected chi connectivity index (χ3v) is 8.49. The lowest BCUT2D eigenvalue weighted by atomic mass is 9.93. The molecule has 3 rings (SSSR count). The van der Waals surface area contributed by atoms with E-state index >= 15 is 0 Å². The summed E-state index contributed by atoms with van der Waals surface area (Å²) in [6.07, 6.45) is 3.50. The molecule has 3 aliphatic rings. The number of nitrogens with zero attached hydrogens (tertiary/aromatic N) is 1. The van der Waals surface area contributed by atoms with Crippen LogP contribution in [0, 0.1) is 11.8 Å². The van der Waals surface area contributed by atoms with Gasteiger partial charge >= 0.3 is 0 Å². The van der Waals surface area contributed by atoms with Gasteiger partial charge in [0.15, 0.2) is 9.84 Å². The molecule has 4 unspecified atom stereocenters. The largest absolute Gasteiger partial charge is 0.323 e. The Morgan fingerprint density at radius 2 is 2.19 bits per heavy atom. The Morgan fingerprint density at radius 1 is 1.38 bits per heavy atom. The van der Waals surface area contributed by atoms with Gasteiger partial charge in [0, 0.05) is 23.8 Å².